The number of esters is 2. The minimum Gasteiger partial charge on any atom is -0.465 e. The largest absolute Gasteiger partial charge is 0.465 e. The first-order chi connectivity index (χ1) is 24.1. The first-order valence-corrected chi connectivity index (χ1v) is 17.5. The summed E-state index contributed by atoms with van der Waals surface area (Å²) < 4.78 is 9.32. The van der Waals surface area contributed by atoms with Crippen LogP contribution in [0, 0.1) is 13.8 Å². The van der Waals surface area contributed by atoms with Crippen LogP contribution in [0.3, 0.4) is 0 Å². The van der Waals surface area contributed by atoms with Crippen LogP contribution >= 0.6 is 0 Å². The number of carbonyl (C=O) groups is 3. The summed E-state index contributed by atoms with van der Waals surface area (Å²) in [6.07, 6.45) is 7.76. The van der Waals surface area contributed by atoms with Gasteiger partial charge in [0.15, 0.2) is 5.82 Å². The number of ketones is 1. The number of aryl methyl sites for hydroxylation is 2. The van der Waals surface area contributed by atoms with Gasteiger partial charge in [-0.25, -0.2) is 29.5 Å². The monoisotopic (exact) mass is 702 g/mol. The van der Waals surface area contributed by atoms with Gasteiger partial charge in [0.1, 0.15) is 0 Å². The molecule has 0 spiro atoms. The molecule has 4 aromatic rings. The number of rotatable bonds is 6. The van der Waals surface area contributed by atoms with Crippen molar-refractivity contribution in [2.45, 2.75) is 104 Å². The van der Waals surface area contributed by atoms with Gasteiger partial charge in [0.25, 0.3) is 0 Å². The Hall–Kier alpha value is -5.05. The molecule has 2 heterocycles. The molecule has 0 saturated heterocycles. The zero-order valence-electron chi connectivity index (χ0n) is 32.6. The molecule has 2 aliphatic rings. The summed E-state index contributed by atoms with van der Waals surface area (Å²) in [5, 5.41) is 0. The van der Waals surface area contributed by atoms with Crippen molar-refractivity contribution >= 4 is 23.3 Å². The number of nitrogens with zero attached hydrogens (tertiary/aromatic N) is 4. The van der Waals surface area contributed by atoms with E-state index in [1.165, 1.54) is 66.8 Å². The maximum absolute atomic E-state index is 12.9. The van der Waals surface area contributed by atoms with Gasteiger partial charge in [-0.2, -0.15) is 0 Å². The highest BCUT2D eigenvalue weighted by Gasteiger charge is 2.43. The molecule has 2 aliphatic carbocycles. The molecular formula is C43H50N4O5. The lowest BCUT2D eigenvalue weighted by Crippen LogP contribution is -2.18. The number of carbonyl (C=O) groups excluding carboxylic acids is 3. The topological polar surface area (TPSA) is 121 Å². The van der Waals surface area contributed by atoms with E-state index in [0.29, 0.717) is 17.0 Å². The van der Waals surface area contributed by atoms with E-state index in [1.807, 2.05) is 13.0 Å². The molecule has 0 N–H and O–H groups in total. The van der Waals surface area contributed by atoms with E-state index >= 15 is 0 Å². The molecule has 272 valence electrons. The van der Waals surface area contributed by atoms with Crippen LogP contribution in [-0.2, 0) is 31.1 Å². The van der Waals surface area contributed by atoms with Gasteiger partial charge in [0.05, 0.1) is 25.3 Å². The third-order valence-electron chi connectivity index (χ3n) is 10.6. The van der Waals surface area contributed by atoms with Crippen LogP contribution in [0.15, 0.2) is 55.6 Å². The number of hydrogen-bond acceptors (Lipinski definition) is 9. The number of methoxy groups -OCH3 is 2. The van der Waals surface area contributed by atoms with Crippen LogP contribution in [0.4, 0.5) is 0 Å². The normalized spacial score (nSPS) is 16.8. The van der Waals surface area contributed by atoms with Crippen LogP contribution in [0.25, 0.3) is 5.57 Å². The Morgan fingerprint density at radius 2 is 0.885 bits per heavy atom. The second-order valence-corrected chi connectivity index (χ2v) is 16.7. The predicted octanol–water partition coefficient (Wildman–Crippen LogP) is 8.35. The molecule has 0 amide bonds. The van der Waals surface area contributed by atoms with Crippen molar-refractivity contribution in [1.29, 1.82) is 0 Å². The van der Waals surface area contributed by atoms with E-state index in [2.05, 4.69) is 112 Å². The molecule has 0 unspecified atom stereocenters. The van der Waals surface area contributed by atoms with Gasteiger partial charge in [0, 0.05) is 35.9 Å². The predicted molar refractivity (Wildman–Crippen MR) is 202 cm³/mol. The minimum atomic E-state index is -0.526. The molecule has 0 saturated carbocycles. The van der Waals surface area contributed by atoms with Gasteiger partial charge in [-0.05, 0) is 99.4 Å². The van der Waals surface area contributed by atoms with Gasteiger partial charge < -0.3 is 9.47 Å². The van der Waals surface area contributed by atoms with Crippen molar-refractivity contribution < 1.29 is 23.9 Å². The minimum absolute atomic E-state index is 0.0111. The highest BCUT2D eigenvalue weighted by molar-refractivity contribution is 6.08. The smallest absolute Gasteiger partial charge is 0.341 e. The Morgan fingerprint density at radius 3 is 1.27 bits per heavy atom. The average molecular weight is 703 g/mol. The van der Waals surface area contributed by atoms with Gasteiger partial charge in [0.2, 0.25) is 11.6 Å². The fourth-order valence-electron chi connectivity index (χ4n) is 8.43. The third-order valence-corrected chi connectivity index (χ3v) is 10.6. The maximum atomic E-state index is 12.9. The first-order valence-electron chi connectivity index (χ1n) is 17.5. The Balaban J connectivity index is 0.000000201. The standard InChI is InChI=1S/C22H26N2O2.C21H24N2O3/c1-13-8-17-18(22(5,6)12-21(17,3)4)9-16(13)14(2)19-23-10-15(11-24-19)20(25)26-7;1-12-7-15-16(21(4,5)11-20(15,2)3)8-14(12)17(24)18-22-9-13(10-23-18)19(25)26-6/h8-11H,2,12H2,1,3-7H3;7-10H,11H2,1-6H3. The van der Waals surface area contributed by atoms with E-state index in [1.54, 1.807) is 0 Å². The molecule has 0 bridgehead atoms. The summed E-state index contributed by atoms with van der Waals surface area (Å²) in [5.41, 5.74) is 10.8. The average Bonchev–Trinajstić information content (AvgIpc) is 3.39. The molecular weight excluding hydrogens is 652 g/mol. The lowest BCUT2D eigenvalue weighted by Gasteiger charge is -2.22. The zero-order valence-corrected chi connectivity index (χ0v) is 32.6. The summed E-state index contributed by atoms with van der Waals surface area (Å²) in [5.74, 6) is -0.602. The maximum Gasteiger partial charge on any atom is 0.341 e. The van der Waals surface area contributed by atoms with Crippen LogP contribution in [0.1, 0.15) is 150 Å². The molecule has 0 fully saturated rings. The molecule has 0 radical (unpaired) electrons. The lowest BCUT2D eigenvalue weighted by atomic mass is 9.82. The zero-order chi connectivity index (χ0) is 38.6. The summed E-state index contributed by atoms with van der Waals surface area (Å²) in [6.45, 7) is 26.4. The van der Waals surface area contributed by atoms with E-state index in [4.69, 9.17) is 4.74 Å². The Morgan fingerprint density at radius 1 is 0.558 bits per heavy atom. The Kier molecular flexibility index (Phi) is 9.91. The van der Waals surface area contributed by atoms with Gasteiger partial charge in [-0.15, -0.1) is 0 Å². The molecule has 9 heteroatoms. The summed E-state index contributed by atoms with van der Waals surface area (Å²) in [7, 11) is 2.63. The molecule has 9 nitrogen and oxygen atoms in total. The van der Waals surface area contributed by atoms with Crippen LogP contribution in [0.5, 0.6) is 0 Å². The molecule has 52 heavy (non-hydrogen) atoms. The van der Waals surface area contributed by atoms with Crippen molar-refractivity contribution in [1.82, 2.24) is 19.9 Å². The summed E-state index contributed by atoms with van der Waals surface area (Å²) in [4.78, 5) is 52.7. The molecule has 2 aromatic heterocycles. The van der Waals surface area contributed by atoms with Gasteiger partial charge in [-0.3, -0.25) is 4.79 Å². The van der Waals surface area contributed by atoms with E-state index in [9.17, 15) is 14.4 Å². The highest BCUT2D eigenvalue weighted by atomic mass is 16.5. The summed E-state index contributed by atoms with van der Waals surface area (Å²) in [6, 6.07) is 8.66. The highest BCUT2D eigenvalue weighted by Crippen LogP contribution is 2.51. The van der Waals surface area contributed by atoms with Crippen molar-refractivity contribution in [3.05, 3.63) is 123 Å². The van der Waals surface area contributed by atoms with Crippen molar-refractivity contribution in [2.24, 2.45) is 0 Å². The number of fused-ring (bicyclic) bond motifs is 2. The molecule has 0 atom stereocenters. The first kappa shape index (κ1) is 38.2. The van der Waals surface area contributed by atoms with Crippen LogP contribution in [-0.4, -0.2) is 51.9 Å². The van der Waals surface area contributed by atoms with E-state index in [-0.39, 0.29) is 38.8 Å². The van der Waals surface area contributed by atoms with E-state index < -0.39 is 11.9 Å². The molecule has 2 aromatic carbocycles. The van der Waals surface area contributed by atoms with Crippen LogP contribution in [0.2, 0.25) is 0 Å². The Labute approximate surface area is 307 Å². The number of hydrogen-bond donors (Lipinski definition) is 0. The molecule has 6 rings (SSSR count). The second kappa shape index (κ2) is 13.5. The number of aromatic nitrogens is 4. The fourth-order valence-corrected chi connectivity index (χ4v) is 8.43. The quantitative estimate of drug-likeness (QED) is 0.144. The lowest BCUT2D eigenvalue weighted by molar-refractivity contribution is 0.0590. The van der Waals surface area contributed by atoms with E-state index in [0.717, 1.165) is 29.5 Å². The van der Waals surface area contributed by atoms with Crippen molar-refractivity contribution in [2.75, 3.05) is 14.2 Å². The third kappa shape index (κ3) is 7.05. The number of benzene rings is 2. The van der Waals surface area contributed by atoms with Gasteiger partial charge in [-0.1, -0.05) is 74.1 Å². The summed E-state index contributed by atoms with van der Waals surface area (Å²) >= 11 is 0. The Bertz CT molecular complexity index is 1940. The number of ether oxygens (including phenoxy) is 2. The SMILES string of the molecule is C=C(c1ncc(C(=O)OC)cn1)c1cc2c(cc1C)C(C)(C)CC2(C)C.COC(=O)c1cnc(C(=O)c2cc3c(cc2C)C(C)(C)CC3(C)C)nc1. The van der Waals surface area contributed by atoms with Crippen molar-refractivity contribution in [3.63, 3.8) is 0 Å². The second-order valence-electron chi connectivity index (χ2n) is 16.7. The van der Waals surface area contributed by atoms with Gasteiger partial charge >= 0.3 is 11.9 Å². The van der Waals surface area contributed by atoms with Crippen molar-refractivity contribution in [3.8, 4) is 0 Å². The fraction of sp³-hybridized carbons (Fsp3) is 0.419. The van der Waals surface area contributed by atoms with Crippen LogP contribution < -0.4 is 0 Å². The molecule has 0 aliphatic heterocycles.